The molecule has 2 N–H and O–H groups in total. The summed E-state index contributed by atoms with van der Waals surface area (Å²) in [4.78, 5) is 26.4. The number of aryl methyl sites for hydroxylation is 1. The minimum Gasteiger partial charge on any atom is -0.446 e. The molecule has 3 aromatic rings. The second kappa shape index (κ2) is 9.80. The number of hydrogen-bond donors (Lipinski definition) is 2. The third-order valence-corrected chi connectivity index (χ3v) is 6.99. The monoisotopic (exact) mass is 467 g/mol. The molecule has 2 amide bonds. The maximum Gasteiger partial charge on any atom is 0.407 e. The minimum atomic E-state index is -0.480. The first kappa shape index (κ1) is 21.8. The topological polar surface area (TPSA) is 109 Å². The third-order valence-electron chi connectivity index (χ3n) is 4.98. The summed E-state index contributed by atoms with van der Waals surface area (Å²) in [6.45, 7) is 0.345. The number of aromatic nitrogens is 2. The molecule has 0 fully saturated rings. The molecule has 1 atom stereocenters. The van der Waals surface area contributed by atoms with E-state index < -0.39 is 6.09 Å². The molecule has 1 aliphatic carbocycles. The van der Waals surface area contributed by atoms with Crippen LogP contribution in [0.25, 0.3) is 6.08 Å². The lowest BCUT2D eigenvalue weighted by Gasteiger charge is -2.22. The van der Waals surface area contributed by atoms with Crippen molar-refractivity contribution >= 4 is 45.8 Å². The summed E-state index contributed by atoms with van der Waals surface area (Å²) in [5.41, 5.74) is 2.33. The number of hydrogen-bond acceptors (Lipinski definition) is 7. The fourth-order valence-corrected chi connectivity index (χ4v) is 5.37. The average Bonchev–Trinajstić information content (AvgIpc) is 3.50. The summed E-state index contributed by atoms with van der Waals surface area (Å²) in [5.74, 6) is -0.281. The molecule has 0 bridgehead atoms. The number of nitrogens with zero attached hydrogens (tertiary/aromatic N) is 3. The molecule has 0 aliphatic heterocycles. The van der Waals surface area contributed by atoms with Crippen molar-refractivity contribution in [1.29, 1.82) is 5.26 Å². The summed E-state index contributed by atoms with van der Waals surface area (Å²) < 4.78 is 7.24. The van der Waals surface area contributed by atoms with Gasteiger partial charge in [0, 0.05) is 47.6 Å². The van der Waals surface area contributed by atoms with Crippen molar-refractivity contribution < 1.29 is 14.3 Å². The smallest absolute Gasteiger partial charge is 0.407 e. The maximum atomic E-state index is 12.3. The maximum absolute atomic E-state index is 12.3. The van der Waals surface area contributed by atoms with Crippen LogP contribution in [0.5, 0.6) is 0 Å². The van der Waals surface area contributed by atoms with Gasteiger partial charge in [-0.2, -0.15) is 10.4 Å². The van der Waals surface area contributed by atoms with Crippen molar-refractivity contribution in [3.63, 3.8) is 0 Å². The fourth-order valence-electron chi connectivity index (χ4n) is 3.49. The largest absolute Gasteiger partial charge is 0.446 e. The highest BCUT2D eigenvalue weighted by molar-refractivity contribution is 7.16. The van der Waals surface area contributed by atoms with E-state index >= 15 is 0 Å². The van der Waals surface area contributed by atoms with Gasteiger partial charge in [-0.15, -0.1) is 22.7 Å². The van der Waals surface area contributed by atoms with Gasteiger partial charge < -0.3 is 15.4 Å². The van der Waals surface area contributed by atoms with Crippen LogP contribution in [0.4, 0.5) is 9.80 Å². The van der Waals surface area contributed by atoms with Gasteiger partial charge in [-0.05, 0) is 35.9 Å². The number of ether oxygens (including phenoxy) is 1. The highest BCUT2D eigenvalue weighted by Gasteiger charge is 2.28. The lowest BCUT2D eigenvalue weighted by atomic mass is 9.94. The number of anilines is 1. The Hall–Kier alpha value is -3.42. The van der Waals surface area contributed by atoms with Gasteiger partial charge >= 0.3 is 6.09 Å². The highest BCUT2D eigenvalue weighted by atomic mass is 32.1. The van der Waals surface area contributed by atoms with Crippen LogP contribution in [0, 0.1) is 11.3 Å². The fraction of sp³-hybridized carbons (Fsp3) is 0.273. The van der Waals surface area contributed by atoms with Crippen LogP contribution in [0.1, 0.15) is 32.9 Å². The van der Waals surface area contributed by atoms with Gasteiger partial charge in [-0.25, -0.2) is 4.79 Å². The average molecular weight is 468 g/mol. The molecular weight excluding hydrogens is 446 g/mol. The molecule has 3 aromatic heterocycles. The number of nitrogens with one attached hydrogen (secondary N) is 2. The number of thiophene rings is 2. The first-order valence-electron chi connectivity index (χ1n) is 10.0. The van der Waals surface area contributed by atoms with Crippen molar-refractivity contribution in [3.05, 3.63) is 62.4 Å². The summed E-state index contributed by atoms with van der Waals surface area (Å²) in [5, 5.41) is 21.7. The first-order chi connectivity index (χ1) is 15.5. The Labute approximate surface area is 193 Å². The zero-order valence-electron chi connectivity index (χ0n) is 17.3. The Morgan fingerprint density at radius 3 is 3.06 bits per heavy atom. The lowest BCUT2D eigenvalue weighted by Crippen LogP contribution is -2.31. The quantitative estimate of drug-likeness (QED) is 0.535. The Morgan fingerprint density at radius 1 is 1.47 bits per heavy atom. The summed E-state index contributed by atoms with van der Waals surface area (Å²) in [7, 11) is 1.81. The van der Waals surface area contributed by atoms with E-state index in [1.165, 1.54) is 17.4 Å². The zero-order valence-corrected chi connectivity index (χ0v) is 19.0. The second-order valence-corrected chi connectivity index (χ2v) is 9.39. The molecule has 10 heteroatoms. The molecule has 1 aliphatic rings. The van der Waals surface area contributed by atoms with Crippen LogP contribution in [0.3, 0.4) is 0 Å². The molecule has 0 saturated heterocycles. The SMILES string of the molecule is Cn1cc(CNC(=O)OC2CCc3c(sc(NC(=O)/C=C/c4cccs4)c3C#N)C2)cn1. The molecule has 0 aromatic carbocycles. The molecule has 3 heterocycles. The number of amides is 2. The van der Waals surface area contributed by atoms with Crippen molar-refractivity contribution in [1.82, 2.24) is 15.1 Å². The van der Waals surface area contributed by atoms with Gasteiger partial charge in [-0.3, -0.25) is 9.48 Å². The van der Waals surface area contributed by atoms with Crippen molar-refractivity contribution in [2.75, 3.05) is 5.32 Å². The summed E-state index contributed by atoms with van der Waals surface area (Å²) >= 11 is 2.92. The molecule has 32 heavy (non-hydrogen) atoms. The van der Waals surface area contributed by atoms with Gasteiger partial charge in [-0.1, -0.05) is 6.07 Å². The van der Waals surface area contributed by atoms with E-state index in [4.69, 9.17) is 4.74 Å². The van der Waals surface area contributed by atoms with Crippen molar-refractivity contribution in [2.45, 2.75) is 31.9 Å². The zero-order chi connectivity index (χ0) is 22.5. The van der Waals surface area contributed by atoms with E-state index in [2.05, 4.69) is 21.8 Å². The predicted octanol–water partition coefficient (Wildman–Crippen LogP) is 3.85. The van der Waals surface area contributed by atoms with Crippen LogP contribution in [-0.2, 0) is 36.0 Å². The Balaban J connectivity index is 1.35. The van der Waals surface area contributed by atoms with Crippen molar-refractivity contribution in [3.8, 4) is 6.07 Å². The number of fused-ring (bicyclic) bond motifs is 1. The Morgan fingerprint density at radius 2 is 2.34 bits per heavy atom. The highest BCUT2D eigenvalue weighted by Crippen LogP contribution is 2.38. The Kier molecular flexibility index (Phi) is 6.68. The molecule has 4 rings (SSSR count). The second-order valence-electron chi connectivity index (χ2n) is 7.30. The predicted molar refractivity (Wildman–Crippen MR) is 123 cm³/mol. The van der Waals surface area contributed by atoms with Gasteiger partial charge in [0.25, 0.3) is 0 Å². The van der Waals surface area contributed by atoms with E-state index in [-0.39, 0.29) is 12.0 Å². The summed E-state index contributed by atoms with van der Waals surface area (Å²) in [6.07, 6.45) is 7.74. The van der Waals surface area contributed by atoms with Gasteiger partial charge in [0.1, 0.15) is 17.2 Å². The summed E-state index contributed by atoms with van der Waals surface area (Å²) in [6, 6.07) is 6.06. The normalized spacial score (nSPS) is 15.2. The van der Waals surface area contributed by atoms with Gasteiger partial charge in [0.05, 0.1) is 11.8 Å². The molecule has 0 saturated carbocycles. The van der Waals surface area contributed by atoms with E-state index in [0.29, 0.717) is 36.4 Å². The van der Waals surface area contributed by atoms with Crippen molar-refractivity contribution in [2.24, 2.45) is 7.05 Å². The van der Waals surface area contributed by atoms with E-state index in [9.17, 15) is 14.9 Å². The van der Waals surface area contributed by atoms with Crippen LogP contribution in [0.2, 0.25) is 0 Å². The number of carbonyl (C=O) groups is 2. The minimum absolute atomic E-state index is 0.274. The molecular formula is C22H21N5O3S2. The van der Waals surface area contributed by atoms with E-state index in [1.54, 1.807) is 28.3 Å². The van der Waals surface area contributed by atoms with Gasteiger partial charge in [0.2, 0.25) is 5.91 Å². The Bertz CT molecular complexity index is 1190. The molecule has 164 valence electrons. The standard InChI is InChI=1S/C22H21N5O3S2/c1-27-13-14(12-25-27)11-24-22(29)30-15-4-6-17-18(10-23)21(32-19(17)9-15)26-20(28)7-5-16-3-2-8-31-16/h2-3,5,7-8,12-13,15H,4,6,9,11H2,1H3,(H,24,29)(H,26,28)/b7-5+. The number of nitriles is 1. The first-order valence-corrected chi connectivity index (χ1v) is 11.7. The van der Waals surface area contributed by atoms with Crippen LogP contribution in [0.15, 0.2) is 36.0 Å². The molecule has 1 unspecified atom stereocenters. The lowest BCUT2D eigenvalue weighted by molar-refractivity contribution is -0.111. The molecule has 0 radical (unpaired) electrons. The molecule has 8 nitrogen and oxygen atoms in total. The number of carbonyl (C=O) groups excluding carboxylic acids is 2. The third kappa shape index (κ3) is 5.25. The van der Waals surface area contributed by atoms with Gasteiger partial charge in [0.15, 0.2) is 0 Å². The van der Waals surface area contributed by atoms with Crippen LogP contribution in [-0.4, -0.2) is 27.9 Å². The molecule has 0 spiro atoms. The van der Waals surface area contributed by atoms with E-state index in [1.807, 2.05) is 30.8 Å². The van der Waals surface area contributed by atoms with Crippen LogP contribution < -0.4 is 10.6 Å². The van der Waals surface area contributed by atoms with Crippen LogP contribution >= 0.6 is 22.7 Å². The number of alkyl carbamates (subject to hydrolysis) is 1. The van der Waals surface area contributed by atoms with E-state index in [0.717, 1.165) is 20.9 Å². The number of rotatable bonds is 6.